The first-order valence-corrected chi connectivity index (χ1v) is 48.5. The molecule has 2 aliphatic heterocycles. The average Bonchev–Trinajstić information content (AvgIpc) is 1.21. The fraction of sp³-hybridized carbons (Fsp3) is 0.490. The van der Waals surface area contributed by atoms with E-state index < -0.39 is 52.7 Å². The first-order chi connectivity index (χ1) is 61.8. The Hall–Kier alpha value is -10.4. The van der Waals surface area contributed by atoms with Crippen LogP contribution in [0.15, 0.2) is 132 Å². The molecule has 9 heterocycles. The molecule has 0 radical (unpaired) electrons. The zero-order chi connectivity index (χ0) is 94.1. The predicted molar refractivity (Wildman–Crippen MR) is 519 cm³/mol. The Balaban J connectivity index is 0.000000161. The third kappa shape index (κ3) is 26.5. The number of nitrogens with zero attached hydrogens (tertiary/aromatic N) is 8. The number of carboxylic acids is 1. The minimum Gasteiger partial charge on any atom is -0.474 e. The molecule has 14 atom stereocenters. The first kappa shape index (κ1) is 100. The van der Waals surface area contributed by atoms with Crippen LogP contribution in [-0.4, -0.2) is 154 Å². The van der Waals surface area contributed by atoms with Gasteiger partial charge in [-0.05, 0) is 264 Å². The normalized spacial score (nSPS) is 22.2. The largest absolute Gasteiger partial charge is 0.474 e. The van der Waals surface area contributed by atoms with Crippen LogP contribution in [0.2, 0.25) is 0 Å². The number of rotatable bonds is 22. The van der Waals surface area contributed by atoms with Gasteiger partial charge in [-0.25, -0.2) is 44.5 Å². The van der Waals surface area contributed by atoms with Crippen molar-refractivity contribution in [3.8, 4) is 0 Å². The number of nitrogens with one attached hydrogen (secondary N) is 4. The molecule has 32 heteroatoms. The van der Waals surface area contributed by atoms with Gasteiger partial charge in [-0.2, -0.15) is 0 Å². The van der Waals surface area contributed by atoms with Crippen molar-refractivity contribution in [3.05, 3.63) is 171 Å². The zero-order valence-corrected chi connectivity index (χ0v) is 80.9. The number of Topliss-reactive ketones (excluding diaryl/α,β-unsaturated/α-hetero) is 2. The van der Waals surface area contributed by atoms with E-state index in [9.17, 15) is 33.6 Å². The number of piperidine rings is 2. The number of hydrogen-bond donors (Lipinski definition) is 8. The Morgan fingerprint density at radius 2 is 0.869 bits per heavy atom. The average molecular weight is 1850 g/mol. The number of carbonyl (C=O) groups excluding carboxylic acids is 6. The van der Waals surface area contributed by atoms with Crippen LogP contribution in [0.4, 0.5) is 39.3 Å². The van der Waals surface area contributed by atoms with E-state index in [1.54, 1.807) is 57.5 Å². The predicted octanol–water partition coefficient (Wildman–Crippen LogP) is 19.4. The second kappa shape index (κ2) is 45.6. The molecule has 4 fully saturated rings. The van der Waals surface area contributed by atoms with Gasteiger partial charge in [0.2, 0.25) is 11.6 Å². The monoisotopic (exact) mass is 1850 g/mol. The van der Waals surface area contributed by atoms with Crippen LogP contribution >= 0.6 is 45.3 Å². The number of nitrogens with two attached hydrogens (primary N) is 3. The quantitative estimate of drug-likeness (QED) is 0.0292. The lowest BCUT2D eigenvalue weighted by molar-refractivity contribution is -0.147. The van der Waals surface area contributed by atoms with Gasteiger partial charge in [-0.1, -0.05) is 72.7 Å². The van der Waals surface area contributed by atoms with E-state index in [-0.39, 0.29) is 78.3 Å². The summed E-state index contributed by atoms with van der Waals surface area (Å²) in [5.41, 5.74) is 36.2. The molecule has 11 aromatic rings. The van der Waals surface area contributed by atoms with Gasteiger partial charge in [0, 0.05) is 54.3 Å². The fourth-order valence-electron chi connectivity index (χ4n) is 17.5. The number of hydrogen-bond acceptors (Lipinski definition) is 27. The molecular formula is C98H127N15O13S4. The summed E-state index contributed by atoms with van der Waals surface area (Å²) in [5, 5.41) is 19.8. The first-order valence-electron chi connectivity index (χ1n) is 45.0. The third-order valence-corrected chi connectivity index (χ3v) is 27.2. The minimum absolute atomic E-state index is 0.0247. The number of aliphatic carboxylic acids is 1. The maximum atomic E-state index is 13.5. The van der Waals surface area contributed by atoms with Gasteiger partial charge in [0.05, 0.1) is 142 Å². The number of ether oxygens (including phenoxy) is 5. The van der Waals surface area contributed by atoms with E-state index in [1.165, 1.54) is 34.9 Å². The molecule has 15 rings (SSSR count). The molecule has 4 amide bonds. The molecule has 2 aliphatic carbocycles. The molecule has 0 bridgehead atoms. The van der Waals surface area contributed by atoms with Crippen molar-refractivity contribution in [1.29, 1.82) is 0 Å². The van der Waals surface area contributed by atoms with Crippen molar-refractivity contribution < 1.29 is 62.4 Å². The Kier molecular flexibility index (Phi) is 35.1. The molecule has 4 aromatic carbocycles. The summed E-state index contributed by atoms with van der Waals surface area (Å²) < 4.78 is 35.0. The zero-order valence-electron chi connectivity index (χ0n) is 77.7. The smallest absolute Gasteiger partial charge is 0.410 e. The van der Waals surface area contributed by atoms with Crippen LogP contribution in [0.5, 0.6) is 0 Å². The molecule has 2 saturated carbocycles. The third-order valence-electron chi connectivity index (χ3n) is 24.0. The summed E-state index contributed by atoms with van der Waals surface area (Å²) in [6.45, 7) is 38.2. The molecule has 11 N–H and O–H groups in total. The standard InChI is InChI=1S/2C26H32N4O3S.C21H30N2O3S.C16H22N2OS.C9H11N3O3/c2*1-5-16-9-18(12-28-25(16)27)30-26(32)24(31)20-8-15(4)22(33-14(2)3)11-19(20)17-6-7-23-21(10-17)29-13-34-23;1-13(2)25-18-10-17(15-7-8-19-16(9-15)22-12-27-19)23(11-14(18)3)20(24)26-21(4,5)6;1-10(2)19-15-7-13(17-8-11(15)3)12-4-5-16-14(6-12)18-9-20-16;1-2-5-6(3-4-11-7(5)10)12-8(13)9(14)15/h2*6-7,9-10,12-15,19-20,22H,5,8,11H2,1-4H3,(H2,27,28)(H,30,32);7-9,12-14,17-18H,10-11H2,1-6H3;4-6,9-11,13,15,17H,7-8H2,1-3H3;3-4H,2H2,1H3,(H,14,15)(H3,10,11,12,13)/t15-,19-,20?,22+;15-,19-,20?,22-;14-,17-,18?;11-,13-,15?;/m0000./s1. The second-order valence-corrected chi connectivity index (χ2v) is 39.8. The van der Waals surface area contributed by atoms with Gasteiger partial charge in [0.15, 0.2) is 0 Å². The van der Waals surface area contributed by atoms with Gasteiger partial charge < -0.3 is 72.2 Å². The van der Waals surface area contributed by atoms with E-state index in [2.05, 4.69) is 172 Å². The number of amides is 4. The van der Waals surface area contributed by atoms with E-state index in [0.29, 0.717) is 116 Å². The number of benzene rings is 4. The highest BCUT2D eigenvalue weighted by atomic mass is 32.1. The van der Waals surface area contributed by atoms with E-state index in [4.69, 9.17) is 46.0 Å². The Bertz CT molecular complexity index is 5530. The number of nitrogen functional groups attached to an aromatic ring is 3. The highest BCUT2D eigenvalue weighted by Gasteiger charge is 2.46. The van der Waals surface area contributed by atoms with Crippen LogP contribution in [0.25, 0.3) is 40.9 Å². The number of carboxylic acid groups (broad SMARTS) is 1. The summed E-state index contributed by atoms with van der Waals surface area (Å²) in [6, 6.07) is 30.6. The van der Waals surface area contributed by atoms with Crippen molar-refractivity contribution in [2.24, 2.45) is 35.5 Å². The van der Waals surface area contributed by atoms with Crippen LogP contribution < -0.4 is 38.5 Å². The van der Waals surface area contributed by atoms with Crippen LogP contribution in [-0.2, 0) is 71.7 Å². The lowest BCUT2D eigenvalue weighted by Gasteiger charge is -2.43. The van der Waals surface area contributed by atoms with Gasteiger partial charge in [0.1, 0.15) is 23.1 Å². The number of pyridine rings is 3. The summed E-state index contributed by atoms with van der Waals surface area (Å²) in [5.74, 6) is -3.51. The molecule has 7 aromatic heterocycles. The van der Waals surface area contributed by atoms with Crippen molar-refractivity contribution in [2.45, 2.75) is 261 Å². The highest BCUT2D eigenvalue weighted by molar-refractivity contribution is 7.17. The van der Waals surface area contributed by atoms with Gasteiger partial charge in [0.25, 0.3) is 11.8 Å². The minimum atomic E-state index is -1.53. The number of anilines is 6. The number of fused-ring (bicyclic) bond motifs is 4. The molecular weight excluding hydrogens is 1720 g/mol. The van der Waals surface area contributed by atoms with Crippen LogP contribution in [0.1, 0.15) is 226 Å². The maximum Gasteiger partial charge on any atom is 0.410 e. The fourth-order valence-corrected chi connectivity index (χ4v) is 20.1. The van der Waals surface area contributed by atoms with Crippen LogP contribution in [0.3, 0.4) is 0 Å². The van der Waals surface area contributed by atoms with Gasteiger partial charge >= 0.3 is 18.0 Å². The number of aryl methyl sites for hydroxylation is 2. The summed E-state index contributed by atoms with van der Waals surface area (Å²) in [6.07, 6.45) is 11.5. The number of likely N-dealkylation sites (tertiary alicyclic amines) is 1. The number of thiazole rings is 4. The Morgan fingerprint density at radius 3 is 1.28 bits per heavy atom. The maximum absolute atomic E-state index is 13.5. The van der Waals surface area contributed by atoms with Crippen molar-refractivity contribution in [3.63, 3.8) is 0 Å². The van der Waals surface area contributed by atoms with Crippen molar-refractivity contribution in [1.82, 2.24) is 45.1 Å². The summed E-state index contributed by atoms with van der Waals surface area (Å²) >= 11 is 6.50. The molecule has 2 saturated heterocycles. The second-order valence-electron chi connectivity index (χ2n) is 36.3. The topological polar surface area (TPSA) is 406 Å². The Morgan fingerprint density at radius 1 is 0.469 bits per heavy atom. The van der Waals surface area contributed by atoms with Gasteiger partial charge in [-0.3, -0.25) is 24.0 Å². The molecule has 4 aliphatic rings. The number of carbonyl (C=O) groups is 7. The Labute approximate surface area is 777 Å². The molecule has 696 valence electrons. The highest BCUT2D eigenvalue weighted by Crippen LogP contribution is 2.47. The molecule has 28 nitrogen and oxygen atoms in total. The van der Waals surface area contributed by atoms with Crippen molar-refractivity contribution in [2.75, 3.05) is 46.2 Å². The number of aromatic nitrogens is 7. The summed E-state index contributed by atoms with van der Waals surface area (Å²) in [7, 11) is 0. The molecule has 4 unspecified atom stereocenters. The van der Waals surface area contributed by atoms with Crippen molar-refractivity contribution >= 4 is 162 Å². The van der Waals surface area contributed by atoms with E-state index >= 15 is 0 Å². The van der Waals surface area contributed by atoms with Crippen LogP contribution in [0, 0.1) is 35.5 Å². The lowest BCUT2D eigenvalue weighted by atomic mass is 9.68. The molecule has 0 spiro atoms. The molecule has 130 heavy (non-hydrogen) atoms. The van der Waals surface area contributed by atoms with Gasteiger partial charge in [-0.15, -0.1) is 45.3 Å². The lowest BCUT2D eigenvalue weighted by Crippen LogP contribution is -2.49. The van der Waals surface area contributed by atoms with E-state index in [0.717, 1.165) is 83.4 Å². The summed E-state index contributed by atoms with van der Waals surface area (Å²) in [4.78, 5) is 119. The van der Waals surface area contributed by atoms with E-state index in [1.807, 2.05) is 108 Å². The SMILES string of the molecule is CC(C)OC1C[C@@H](c2ccc3scnc3c2)N(C(=O)OC(C)(C)C)C[C@@H]1C.CC(C)OC1C[C@@H](c2ccc3scnc3c2)NC[C@@H]1C.CCc1c(NC(=O)C(=O)O)ccnc1N.CCc1cc(NC(=O)C(=O)C2C[C@H](C)[C@@H](OC(C)C)C[C@H]2c2ccc3scnc3c2)cnc1N.CCc1cc(NC(=O)C(=O)C2C[C@H](C)[C@H](OC(C)C)C[C@H]2c2ccc3scnc3c2)cnc1N. The number of ketones is 2.